The highest BCUT2D eigenvalue weighted by Gasteiger charge is 2.42. The van der Waals surface area contributed by atoms with Crippen LogP contribution in [0.25, 0.3) is 5.69 Å². The monoisotopic (exact) mass is 565 g/mol. The zero-order chi connectivity index (χ0) is 29.5. The summed E-state index contributed by atoms with van der Waals surface area (Å²) in [4.78, 5) is 27.1. The molecule has 0 bridgehead atoms. The second kappa shape index (κ2) is 10.5. The first-order valence-electron chi connectivity index (χ1n) is 13.3. The molecule has 1 N–H and O–H groups in total. The number of alkyl carbamates (subject to hydrolysis) is 1. The van der Waals surface area contributed by atoms with Gasteiger partial charge in [0.1, 0.15) is 23.6 Å². The molecule has 2 aromatic heterocycles. The molecule has 10 nitrogen and oxygen atoms in total. The third-order valence-corrected chi connectivity index (χ3v) is 6.81. The molecule has 0 unspecified atom stereocenters. The maximum Gasteiger partial charge on any atom is 0.408 e. The average Bonchev–Trinajstić information content (AvgIpc) is 3.41. The molecular formula is C29H33F2N7O3. The van der Waals surface area contributed by atoms with E-state index in [2.05, 4.69) is 15.3 Å². The number of nitrogens with one attached hydrogen (secondary N) is 1. The minimum absolute atomic E-state index is 0.194. The van der Waals surface area contributed by atoms with Gasteiger partial charge in [0.2, 0.25) is 0 Å². The predicted octanol–water partition coefficient (Wildman–Crippen LogP) is 4.02. The fourth-order valence-corrected chi connectivity index (χ4v) is 4.78. The number of aryl methyl sites for hydroxylation is 1. The fourth-order valence-electron chi connectivity index (χ4n) is 4.78. The van der Waals surface area contributed by atoms with E-state index in [0.717, 1.165) is 33.8 Å². The summed E-state index contributed by atoms with van der Waals surface area (Å²) in [6.45, 7) is 10.9. The van der Waals surface area contributed by atoms with Crippen LogP contribution in [0, 0.1) is 18.6 Å². The lowest BCUT2D eigenvalue weighted by molar-refractivity contribution is 0.0445. The van der Waals surface area contributed by atoms with Crippen LogP contribution in [0.15, 0.2) is 59.7 Å². The van der Waals surface area contributed by atoms with Gasteiger partial charge < -0.3 is 15.0 Å². The average molecular weight is 566 g/mol. The van der Waals surface area contributed by atoms with Gasteiger partial charge in [-0.1, -0.05) is 18.2 Å². The van der Waals surface area contributed by atoms with Crippen molar-refractivity contribution in [1.82, 2.24) is 29.4 Å². The van der Waals surface area contributed by atoms with Crippen molar-refractivity contribution in [3.8, 4) is 5.69 Å². The normalized spacial score (nSPS) is 14.6. The van der Waals surface area contributed by atoms with E-state index in [1.165, 1.54) is 17.1 Å². The van der Waals surface area contributed by atoms with Gasteiger partial charge in [-0.2, -0.15) is 14.9 Å². The molecule has 2 aromatic carbocycles. The molecule has 0 saturated carbocycles. The number of hydrogen-bond donors (Lipinski definition) is 1. The van der Waals surface area contributed by atoms with Crippen molar-refractivity contribution in [1.29, 1.82) is 0 Å². The molecule has 0 aliphatic carbocycles. The first kappa shape index (κ1) is 28.1. The van der Waals surface area contributed by atoms with Gasteiger partial charge in [-0.3, -0.25) is 9.25 Å². The molecule has 1 fully saturated rings. The van der Waals surface area contributed by atoms with Gasteiger partial charge in [0, 0.05) is 30.4 Å². The van der Waals surface area contributed by atoms with Crippen molar-refractivity contribution in [3.63, 3.8) is 0 Å². The summed E-state index contributed by atoms with van der Waals surface area (Å²) >= 11 is 0. The number of aromatic nitrogens is 5. The summed E-state index contributed by atoms with van der Waals surface area (Å²) in [6.07, 6.45) is 0.832. The Morgan fingerprint density at radius 3 is 2.37 bits per heavy atom. The van der Waals surface area contributed by atoms with E-state index in [9.17, 15) is 18.4 Å². The van der Waals surface area contributed by atoms with Crippen LogP contribution in [-0.4, -0.2) is 54.5 Å². The van der Waals surface area contributed by atoms with E-state index in [-0.39, 0.29) is 12.1 Å². The zero-order valence-electron chi connectivity index (χ0n) is 23.7. The number of benzene rings is 2. The van der Waals surface area contributed by atoms with Gasteiger partial charge in [-0.05, 0) is 64.4 Å². The van der Waals surface area contributed by atoms with Crippen molar-refractivity contribution in [2.24, 2.45) is 0 Å². The number of halogens is 2. The summed E-state index contributed by atoms with van der Waals surface area (Å²) in [5.74, 6) is -0.607. The van der Waals surface area contributed by atoms with Gasteiger partial charge >= 0.3 is 11.8 Å². The van der Waals surface area contributed by atoms with E-state index in [1.54, 1.807) is 12.1 Å². The van der Waals surface area contributed by atoms with Crippen molar-refractivity contribution in [3.05, 3.63) is 93.8 Å². The van der Waals surface area contributed by atoms with Gasteiger partial charge in [-0.15, -0.1) is 0 Å². The third kappa shape index (κ3) is 6.16. The topological polar surface area (TPSA) is 99.2 Å². The number of nitrogens with zero attached hydrogens (tertiary/aromatic N) is 6. The minimum atomic E-state index is -0.716. The number of carbonyl (C=O) groups excluding carboxylic acids is 1. The lowest BCUT2D eigenvalue weighted by Gasteiger charge is -2.48. The lowest BCUT2D eigenvalue weighted by atomic mass is 9.92. The number of hydrogen-bond acceptors (Lipinski definition) is 6. The summed E-state index contributed by atoms with van der Waals surface area (Å²) in [7, 11) is 0. The van der Waals surface area contributed by atoms with Crippen LogP contribution in [0.2, 0.25) is 0 Å². The Balaban J connectivity index is 1.22. The van der Waals surface area contributed by atoms with Crippen LogP contribution in [0.3, 0.4) is 0 Å². The Bertz CT molecular complexity index is 1610. The number of ether oxygens (including phenoxy) is 1. The first-order valence-corrected chi connectivity index (χ1v) is 13.3. The largest absolute Gasteiger partial charge is 0.444 e. The van der Waals surface area contributed by atoms with Crippen LogP contribution in [0.5, 0.6) is 0 Å². The highest BCUT2D eigenvalue weighted by Crippen LogP contribution is 2.28. The van der Waals surface area contributed by atoms with E-state index in [4.69, 9.17) is 9.84 Å². The van der Waals surface area contributed by atoms with E-state index >= 15 is 0 Å². The minimum Gasteiger partial charge on any atom is -0.444 e. The summed E-state index contributed by atoms with van der Waals surface area (Å²) in [6, 6.07) is 12.9. The molecule has 4 aromatic rings. The summed E-state index contributed by atoms with van der Waals surface area (Å²) < 4.78 is 37.7. The van der Waals surface area contributed by atoms with Gasteiger partial charge in [0.25, 0.3) is 0 Å². The molecule has 3 heterocycles. The number of amides is 1. The van der Waals surface area contributed by atoms with Crippen molar-refractivity contribution in [2.75, 3.05) is 18.0 Å². The predicted molar refractivity (Wildman–Crippen MR) is 149 cm³/mol. The molecule has 0 radical (unpaired) electrons. The van der Waals surface area contributed by atoms with Crippen LogP contribution >= 0.6 is 0 Å². The molecule has 1 saturated heterocycles. The second-order valence-electron chi connectivity index (χ2n) is 11.7. The van der Waals surface area contributed by atoms with Crippen LogP contribution in [0.4, 0.5) is 19.4 Å². The van der Waals surface area contributed by atoms with Crippen molar-refractivity contribution in [2.45, 2.75) is 58.8 Å². The molecule has 1 aliphatic heterocycles. The Hall–Kier alpha value is -4.48. The maximum atomic E-state index is 14.0. The molecule has 1 amide bonds. The molecule has 216 valence electrons. The first-order chi connectivity index (χ1) is 19.3. The molecule has 0 spiro atoms. The SMILES string of the molecule is Cc1cc(N2CC(C)(NC(=O)OC(C)(C)C)C2)nn1Cc1ccc(-n2ncn(Cc3c(F)cccc3F)c2=O)cc1. The van der Waals surface area contributed by atoms with E-state index < -0.39 is 34.6 Å². The Morgan fingerprint density at radius 2 is 1.73 bits per heavy atom. The van der Waals surface area contributed by atoms with Crippen molar-refractivity contribution < 1.29 is 18.3 Å². The van der Waals surface area contributed by atoms with Crippen LogP contribution < -0.4 is 15.9 Å². The summed E-state index contributed by atoms with van der Waals surface area (Å²) in [5.41, 5.74) is 0.822. The number of anilines is 1. The highest BCUT2D eigenvalue weighted by molar-refractivity contribution is 5.69. The van der Waals surface area contributed by atoms with Crippen molar-refractivity contribution >= 4 is 11.9 Å². The van der Waals surface area contributed by atoms with Crippen LogP contribution in [0.1, 0.15) is 44.5 Å². The molecule has 1 aliphatic rings. The number of rotatable bonds is 7. The molecule has 41 heavy (non-hydrogen) atoms. The Labute approximate surface area is 236 Å². The third-order valence-electron chi connectivity index (χ3n) is 6.81. The standard InChI is InChI=1S/C29H33F2N7O3/c1-19-13-25(36-16-29(5,17-36)33-26(39)41-28(2,3)4)34-37(19)14-20-9-11-21(12-10-20)38-27(40)35(18-32-38)15-22-23(30)7-6-8-24(22)31/h6-13,18H,14-17H2,1-5H3,(H,33,39). The molecule has 5 rings (SSSR count). The molecule has 12 heteroatoms. The quantitative estimate of drug-likeness (QED) is 0.364. The Morgan fingerprint density at radius 1 is 1.07 bits per heavy atom. The fraction of sp³-hybridized carbons (Fsp3) is 0.379. The number of carbonyl (C=O) groups is 1. The summed E-state index contributed by atoms with van der Waals surface area (Å²) in [5, 5.41) is 11.8. The van der Waals surface area contributed by atoms with Gasteiger partial charge in [0.15, 0.2) is 5.82 Å². The highest BCUT2D eigenvalue weighted by atomic mass is 19.1. The lowest BCUT2D eigenvalue weighted by Crippen LogP contribution is -2.69. The smallest absolute Gasteiger partial charge is 0.408 e. The van der Waals surface area contributed by atoms with Crippen LogP contribution in [-0.2, 0) is 17.8 Å². The molecular weight excluding hydrogens is 532 g/mol. The van der Waals surface area contributed by atoms with E-state index in [0.29, 0.717) is 25.3 Å². The van der Waals surface area contributed by atoms with E-state index in [1.807, 2.05) is 57.5 Å². The molecule has 0 atom stereocenters. The second-order valence-corrected chi connectivity index (χ2v) is 11.7. The maximum absolute atomic E-state index is 14.0. The van der Waals surface area contributed by atoms with Gasteiger partial charge in [-0.25, -0.2) is 18.4 Å². The Kier molecular flexibility index (Phi) is 7.18. The van der Waals surface area contributed by atoms with Gasteiger partial charge in [0.05, 0.1) is 24.3 Å². The zero-order valence-corrected chi connectivity index (χ0v) is 23.7.